The highest BCUT2D eigenvalue weighted by molar-refractivity contribution is 6.02. The van der Waals surface area contributed by atoms with Gasteiger partial charge in [-0.05, 0) is 42.5 Å². The molecule has 4 aromatic rings. The van der Waals surface area contributed by atoms with E-state index in [4.69, 9.17) is 0 Å². The van der Waals surface area contributed by atoms with E-state index in [2.05, 4.69) is 38.1 Å². The van der Waals surface area contributed by atoms with E-state index in [9.17, 15) is 24.0 Å². The quantitative estimate of drug-likeness (QED) is 0.150. The summed E-state index contributed by atoms with van der Waals surface area (Å²) in [6, 6.07) is 30.6. The molecule has 57 heavy (non-hydrogen) atoms. The van der Waals surface area contributed by atoms with Crippen molar-refractivity contribution in [3.05, 3.63) is 142 Å². The van der Waals surface area contributed by atoms with Gasteiger partial charge in [0, 0.05) is 49.3 Å². The third-order valence-electron chi connectivity index (χ3n) is 11.2. The molecule has 0 amide bonds. The Kier molecular flexibility index (Phi) is 13.9. The highest BCUT2D eigenvalue weighted by Crippen LogP contribution is 2.37. The molecule has 0 aromatic heterocycles. The van der Waals surface area contributed by atoms with Gasteiger partial charge in [-0.15, -0.1) is 0 Å². The largest absolute Gasteiger partial charge is 0.299 e. The first kappa shape index (κ1) is 46.6. The average molecular weight is 771 g/mol. The summed E-state index contributed by atoms with van der Waals surface area (Å²) < 4.78 is 0. The molecular formula is C52H66O5. The molecule has 4 aromatic carbocycles. The molecule has 5 nitrogen and oxygen atoms in total. The van der Waals surface area contributed by atoms with Gasteiger partial charge in [0.15, 0.2) is 23.1 Å². The summed E-state index contributed by atoms with van der Waals surface area (Å²) in [5, 5.41) is 0. The second-order valence-electron chi connectivity index (χ2n) is 20.0. The predicted octanol–water partition coefficient (Wildman–Crippen LogP) is 12.9. The van der Waals surface area contributed by atoms with Crippen molar-refractivity contribution in [2.24, 2.45) is 21.7 Å². The monoisotopic (exact) mass is 770 g/mol. The van der Waals surface area contributed by atoms with Crippen molar-refractivity contribution >= 4 is 28.9 Å². The Hall–Kier alpha value is -4.77. The van der Waals surface area contributed by atoms with Gasteiger partial charge in [-0.25, -0.2) is 0 Å². The van der Waals surface area contributed by atoms with E-state index < -0.39 is 16.2 Å². The predicted molar refractivity (Wildman–Crippen MR) is 235 cm³/mol. The first-order valence-electron chi connectivity index (χ1n) is 20.1. The lowest BCUT2D eigenvalue weighted by Crippen LogP contribution is -2.32. The Labute approximate surface area is 343 Å². The van der Waals surface area contributed by atoms with Crippen LogP contribution in [0.1, 0.15) is 181 Å². The number of carbonyl (C=O) groups is 5. The molecule has 4 rings (SSSR count). The molecule has 0 unspecified atom stereocenters. The standard InChI is InChI=1S/C26H32O3.C26H34O2/c1-17(27)26(8,20-13-9-18(10-14-20)22(28)24(2,3)4)21-15-11-19(12-16-21)23(29)25(5,6)7;1-9-26(8,20-14-10-18(11-15-20)22(27)24(2,3)4)21-16-12-19(13-17-21)23(28)25(5,6)7/h9-16H,1-8H3;10-17H,9H2,1-8H3. The van der Waals surface area contributed by atoms with Crippen LogP contribution in [0.25, 0.3) is 0 Å². The van der Waals surface area contributed by atoms with Gasteiger partial charge >= 0.3 is 0 Å². The van der Waals surface area contributed by atoms with Crippen LogP contribution in [0, 0.1) is 21.7 Å². The Morgan fingerprint density at radius 1 is 0.351 bits per heavy atom. The fraction of sp³-hybridized carbons (Fsp3) is 0.442. The van der Waals surface area contributed by atoms with Crippen molar-refractivity contribution in [3.63, 3.8) is 0 Å². The number of hydrogen-bond donors (Lipinski definition) is 0. The minimum absolute atomic E-state index is 0.00213. The normalized spacial score (nSPS) is 12.6. The molecule has 0 bridgehead atoms. The van der Waals surface area contributed by atoms with Crippen LogP contribution in [0.15, 0.2) is 97.1 Å². The maximum atomic E-state index is 12.7. The van der Waals surface area contributed by atoms with E-state index in [1.54, 1.807) is 31.2 Å². The molecule has 0 saturated heterocycles. The van der Waals surface area contributed by atoms with Gasteiger partial charge in [0.05, 0.1) is 5.41 Å². The Morgan fingerprint density at radius 3 is 0.702 bits per heavy atom. The molecule has 0 aliphatic carbocycles. The van der Waals surface area contributed by atoms with Gasteiger partial charge in [0.25, 0.3) is 0 Å². The van der Waals surface area contributed by atoms with Crippen molar-refractivity contribution in [2.75, 3.05) is 0 Å². The van der Waals surface area contributed by atoms with Crippen LogP contribution in [-0.4, -0.2) is 28.9 Å². The zero-order valence-electron chi connectivity index (χ0n) is 37.5. The summed E-state index contributed by atoms with van der Waals surface area (Å²) in [6.07, 6.45) is 0.923. The maximum absolute atomic E-state index is 12.7. The summed E-state index contributed by atoms with van der Waals surface area (Å²) in [5.41, 5.74) is 4.07. The number of hydrogen-bond acceptors (Lipinski definition) is 5. The van der Waals surface area contributed by atoms with Gasteiger partial charge < -0.3 is 0 Å². The first-order chi connectivity index (χ1) is 26.0. The van der Waals surface area contributed by atoms with E-state index in [-0.39, 0.29) is 45.2 Å². The highest BCUT2D eigenvalue weighted by Gasteiger charge is 2.35. The zero-order chi connectivity index (χ0) is 43.5. The SMILES string of the molecule is CC(=O)C(C)(c1ccc(C(=O)C(C)(C)C)cc1)c1ccc(C(=O)C(C)(C)C)cc1.CCC(C)(c1ccc(C(=O)C(C)(C)C)cc1)c1ccc(C(=O)C(C)(C)C)cc1. The van der Waals surface area contributed by atoms with Crippen molar-refractivity contribution in [1.82, 2.24) is 0 Å². The molecule has 0 saturated carbocycles. The maximum Gasteiger partial charge on any atom is 0.168 e. The summed E-state index contributed by atoms with van der Waals surface area (Å²) in [6.45, 7) is 30.9. The summed E-state index contributed by atoms with van der Waals surface area (Å²) in [5.74, 6) is 0.448. The first-order valence-corrected chi connectivity index (χ1v) is 20.1. The molecule has 0 aliphatic rings. The summed E-state index contributed by atoms with van der Waals surface area (Å²) in [4.78, 5) is 62.8. The van der Waals surface area contributed by atoms with Crippen LogP contribution in [0.2, 0.25) is 0 Å². The van der Waals surface area contributed by atoms with Crippen LogP contribution in [0.3, 0.4) is 0 Å². The van der Waals surface area contributed by atoms with Crippen LogP contribution < -0.4 is 0 Å². The van der Waals surface area contributed by atoms with E-state index in [0.29, 0.717) is 11.1 Å². The number of carbonyl (C=O) groups excluding carboxylic acids is 5. The lowest BCUT2D eigenvalue weighted by atomic mass is 9.72. The van der Waals surface area contributed by atoms with Crippen molar-refractivity contribution in [1.29, 1.82) is 0 Å². The molecule has 0 aliphatic heterocycles. The fourth-order valence-electron chi connectivity index (χ4n) is 6.77. The molecule has 304 valence electrons. The average Bonchev–Trinajstić information content (AvgIpc) is 3.15. The Morgan fingerprint density at radius 2 is 0.544 bits per heavy atom. The molecule has 0 heterocycles. The van der Waals surface area contributed by atoms with Crippen LogP contribution in [0.4, 0.5) is 0 Å². The van der Waals surface area contributed by atoms with Crippen molar-refractivity contribution < 1.29 is 24.0 Å². The van der Waals surface area contributed by atoms with Gasteiger partial charge in [-0.1, -0.05) is 194 Å². The van der Waals surface area contributed by atoms with Crippen molar-refractivity contribution in [2.45, 2.75) is 128 Å². The minimum Gasteiger partial charge on any atom is -0.299 e. The van der Waals surface area contributed by atoms with E-state index >= 15 is 0 Å². The van der Waals surface area contributed by atoms with Crippen LogP contribution in [-0.2, 0) is 15.6 Å². The minimum atomic E-state index is -0.855. The number of rotatable bonds is 10. The van der Waals surface area contributed by atoms with Crippen LogP contribution in [0.5, 0.6) is 0 Å². The molecule has 5 heteroatoms. The van der Waals surface area contributed by atoms with E-state index in [1.807, 2.05) is 139 Å². The summed E-state index contributed by atoms with van der Waals surface area (Å²) in [7, 11) is 0. The molecular weight excluding hydrogens is 705 g/mol. The van der Waals surface area contributed by atoms with Gasteiger partial charge in [0.2, 0.25) is 0 Å². The highest BCUT2D eigenvalue weighted by atomic mass is 16.1. The van der Waals surface area contributed by atoms with Crippen LogP contribution >= 0.6 is 0 Å². The van der Waals surface area contributed by atoms with Gasteiger partial charge in [-0.3, -0.25) is 24.0 Å². The van der Waals surface area contributed by atoms with Gasteiger partial charge in [-0.2, -0.15) is 0 Å². The Bertz CT molecular complexity index is 1930. The van der Waals surface area contributed by atoms with Crippen molar-refractivity contribution in [3.8, 4) is 0 Å². The molecule has 0 atom stereocenters. The fourth-order valence-corrected chi connectivity index (χ4v) is 6.77. The second kappa shape index (κ2) is 17.0. The third-order valence-corrected chi connectivity index (χ3v) is 11.2. The molecule has 0 fully saturated rings. The number of Topliss-reactive ketones (excluding diaryl/α,β-unsaturated/α-hetero) is 5. The smallest absolute Gasteiger partial charge is 0.168 e. The third kappa shape index (κ3) is 10.6. The number of ketones is 5. The topological polar surface area (TPSA) is 85.3 Å². The van der Waals surface area contributed by atoms with E-state index in [0.717, 1.165) is 28.7 Å². The zero-order valence-corrected chi connectivity index (χ0v) is 37.5. The summed E-state index contributed by atoms with van der Waals surface area (Å²) >= 11 is 0. The van der Waals surface area contributed by atoms with E-state index in [1.165, 1.54) is 11.1 Å². The number of benzene rings is 4. The molecule has 0 radical (unpaired) electrons. The molecule has 0 spiro atoms. The lowest BCUT2D eigenvalue weighted by Gasteiger charge is -2.30. The lowest BCUT2D eigenvalue weighted by molar-refractivity contribution is -0.120. The Balaban J connectivity index is 0.000000306. The second-order valence-corrected chi connectivity index (χ2v) is 20.0. The van der Waals surface area contributed by atoms with Gasteiger partial charge in [0.1, 0.15) is 5.78 Å². The molecule has 0 N–H and O–H groups in total.